The minimum atomic E-state index is -4.29. The normalized spacial score (nSPS) is 12.9. The van der Waals surface area contributed by atoms with Crippen LogP contribution >= 0.6 is 0 Å². The molecule has 8 nitrogen and oxygen atoms in total. The van der Waals surface area contributed by atoms with Gasteiger partial charge in [-0.25, -0.2) is 8.42 Å². The molecule has 0 fully saturated rings. The SMILES string of the molecule is CCCC(NS(=O)(=O)c1ccc([N+](=O)[O-])c(F)c1)C(=O)O. The van der Waals surface area contributed by atoms with Gasteiger partial charge in [-0.05, 0) is 12.5 Å². The summed E-state index contributed by atoms with van der Waals surface area (Å²) in [6.07, 6.45) is 0.484. The van der Waals surface area contributed by atoms with Gasteiger partial charge in [-0.2, -0.15) is 9.11 Å². The van der Waals surface area contributed by atoms with Crippen LogP contribution < -0.4 is 4.72 Å². The van der Waals surface area contributed by atoms with Crippen LogP contribution in [0, 0.1) is 15.9 Å². The lowest BCUT2D eigenvalue weighted by molar-refractivity contribution is -0.387. The Bertz CT molecular complexity index is 661. The van der Waals surface area contributed by atoms with Crippen LogP contribution in [0.1, 0.15) is 19.8 Å². The van der Waals surface area contributed by atoms with Crippen molar-refractivity contribution in [1.82, 2.24) is 4.72 Å². The van der Waals surface area contributed by atoms with E-state index in [4.69, 9.17) is 5.11 Å². The van der Waals surface area contributed by atoms with Crippen LogP contribution in [0.2, 0.25) is 0 Å². The molecule has 1 aromatic carbocycles. The van der Waals surface area contributed by atoms with E-state index in [1.807, 2.05) is 4.72 Å². The molecule has 10 heteroatoms. The van der Waals surface area contributed by atoms with E-state index in [1.54, 1.807) is 6.92 Å². The maximum Gasteiger partial charge on any atom is 0.321 e. The van der Waals surface area contributed by atoms with Crippen LogP contribution in [0.25, 0.3) is 0 Å². The number of rotatable bonds is 7. The number of aliphatic carboxylic acids is 1. The molecule has 0 aliphatic carbocycles. The first-order valence-corrected chi connectivity index (χ1v) is 7.36. The van der Waals surface area contributed by atoms with Crippen molar-refractivity contribution in [3.8, 4) is 0 Å². The highest BCUT2D eigenvalue weighted by Gasteiger charge is 2.26. The lowest BCUT2D eigenvalue weighted by atomic mass is 10.2. The second-order valence-electron chi connectivity index (χ2n) is 4.17. The fourth-order valence-corrected chi connectivity index (χ4v) is 2.81. The van der Waals surface area contributed by atoms with Crippen LogP contribution in [0.15, 0.2) is 23.1 Å². The van der Waals surface area contributed by atoms with E-state index in [0.717, 1.165) is 6.07 Å². The number of sulfonamides is 1. The minimum Gasteiger partial charge on any atom is -0.480 e. The van der Waals surface area contributed by atoms with E-state index in [-0.39, 0.29) is 6.42 Å². The predicted octanol–water partition coefficient (Wildman–Crippen LogP) is 1.27. The Kier molecular flexibility index (Phi) is 5.33. The van der Waals surface area contributed by atoms with Crippen molar-refractivity contribution in [1.29, 1.82) is 0 Å². The van der Waals surface area contributed by atoms with E-state index < -0.39 is 43.4 Å². The molecule has 1 unspecified atom stereocenters. The van der Waals surface area contributed by atoms with Crippen LogP contribution in [0.4, 0.5) is 10.1 Å². The van der Waals surface area contributed by atoms with Crippen LogP contribution in [-0.4, -0.2) is 30.5 Å². The van der Waals surface area contributed by atoms with Crippen LogP contribution in [0.3, 0.4) is 0 Å². The molecule has 0 saturated carbocycles. The number of benzene rings is 1. The quantitative estimate of drug-likeness (QED) is 0.575. The highest BCUT2D eigenvalue weighted by atomic mass is 32.2. The molecule has 0 aliphatic heterocycles. The molecule has 1 rings (SSSR count). The van der Waals surface area contributed by atoms with Gasteiger partial charge in [0.25, 0.3) is 0 Å². The standard InChI is InChI=1S/C11H13FN2O6S/c1-2-3-9(11(15)16)13-21(19,20)7-4-5-10(14(17)18)8(12)6-7/h4-6,9,13H,2-3H2,1H3,(H,15,16). The molecule has 21 heavy (non-hydrogen) atoms. The average molecular weight is 320 g/mol. The largest absolute Gasteiger partial charge is 0.480 e. The number of carboxylic acids is 1. The van der Waals surface area contributed by atoms with Gasteiger partial charge in [-0.3, -0.25) is 14.9 Å². The van der Waals surface area contributed by atoms with Gasteiger partial charge in [-0.15, -0.1) is 0 Å². The second kappa shape index (κ2) is 6.59. The smallest absolute Gasteiger partial charge is 0.321 e. The maximum atomic E-state index is 13.4. The molecule has 0 heterocycles. The first kappa shape index (κ1) is 17.0. The van der Waals surface area contributed by atoms with Gasteiger partial charge in [0.2, 0.25) is 15.8 Å². The van der Waals surface area contributed by atoms with E-state index in [1.165, 1.54) is 0 Å². The Morgan fingerprint density at radius 2 is 2.14 bits per heavy atom. The molecule has 0 bridgehead atoms. The summed E-state index contributed by atoms with van der Waals surface area (Å²) in [5.41, 5.74) is -0.864. The number of nitrogens with one attached hydrogen (secondary N) is 1. The van der Waals surface area contributed by atoms with Crippen molar-refractivity contribution >= 4 is 21.7 Å². The van der Waals surface area contributed by atoms with Crippen molar-refractivity contribution < 1.29 is 27.6 Å². The number of halogens is 1. The summed E-state index contributed by atoms with van der Waals surface area (Å²) in [7, 11) is -4.29. The summed E-state index contributed by atoms with van der Waals surface area (Å²) in [6.45, 7) is 1.68. The van der Waals surface area contributed by atoms with E-state index >= 15 is 0 Å². The summed E-state index contributed by atoms with van der Waals surface area (Å²) in [5, 5.41) is 19.4. The molecule has 116 valence electrons. The third-order valence-electron chi connectivity index (χ3n) is 2.60. The molecule has 0 aromatic heterocycles. The van der Waals surface area contributed by atoms with Gasteiger partial charge in [0.05, 0.1) is 9.82 Å². The summed E-state index contributed by atoms with van der Waals surface area (Å²) in [5.74, 6) is -2.67. The summed E-state index contributed by atoms with van der Waals surface area (Å²) < 4.78 is 39.2. The van der Waals surface area contributed by atoms with Gasteiger partial charge in [-0.1, -0.05) is 13.3 Å². The Hall–Kier alpha value is -2.07. The van der Waals surface area contributed by atoms with Crippen molar-refractivity contribution in [3.63, 3.8) is 0 Å². The highest BCUT2D eigenvalue weighted by molar-refractivity contribution is 7.89. The lowest BCUT2D eigenvalue weighted by Gasteiger charge is -2.13. The van der Waals surface area contributed by atoms with Crippen molar-refractivity contribution in [2.24, 2.45) is 0 Å². The third kappa shape index (κ3) is 4.20. The first-order chi connectivity index (χ1) is 9.69. The fraction of sp³-hybridized carbons (Fsp3) is 0.364. The van der Waals surface area contributed by atoms with Crippen molar-refractivity contribution in [2.75, 3.05) is 0 Å². The minimum absolute atomic E-state index is 0.0596. The van der Waals surface area contributed by atoms with Gasteiger partial charge in [0.1, 0.15) is 6.04 Å². The Labute approximate surface area is 119 Å². The topological polar surface area (TPSA) is 127 Å². The number of hydrogen-bond donors (Lipinski definition) is 2. The molecule has 0 aliphatic rings. The van der Waals surface area contributed by atoms with E-state index in [9.17, 15) is 27.7 Å². The molecule has 0 spiro atoms. The fourth-order valence-electron chi connectivity index (χ4n) is 1.58. The summed E-state index contributed by atoms with van der Waals surface area (Å²) in [4.78, 5) is 19.8. The van der Waals surface area contributed by atoms with Gasteiger partial charge >= 0.3 is 11.7 Å². The maximum absolute atomic E-state index is 13.4. The summed E-state index contributed by atoms with van der Waals surface area (Å²) >= 11 is 0. The molecule has 1 atom stereocenters. The number of hydrogen-bond acceptors (Lipinski definition) is 5. The molecule has 1 aromatic rings. The average Bonchev–Trinajstić information content (AvgIpc) is 2.37. The zero-order valence-corrected chi connectivity index (χ0v) is 11.8. The first-order valence-electron chi connectivity index (χ1n) is 5.88. The second-order valence-corrected chi connectivity index (χ2v) is 5.89. The Morgan fingerprint density at radius 3 is 2.57 bits per heavy atom. The van der Waals surface area contributed by atoms with E-state index in [0.29, 0.717) is 18.6 Å². The lowest BCUT2D eigenvalue weighted by Crippen LogP contribution is -2.40. The van der Waals surface area contributed by atoms with Crippen LogP contribution in [0.5, 0.6) is 0 Å². The molecule has 2 N–H and O–H groups in total. The highest BCUT2D eigenvalue weighted by Crippen LogP contribution is 2.21. The van der Waals surface area contributed by atoms with Crippen molar-refractivity contribution in [2.45, 2.75) is 30.7 Å². The number of carboxylic acid groups (broad SMARTS) is 1. The molecule has 0 radical (unpaired) electrons. The molecule has 0 saturated heterocycles. The number of carbonyl (C=O) groups is 1. The van der Waals surface area contributed by atoms with Crippen molar-refractivity contribution in [3.05, 3.63) is 34.1 Å². The van der Waals surface area contributed by atoms with Crippen LogP contribution in [-0.2, 0) is 14.8 Å². The zero-order chi connectivity index (χ0) is 16.2. The predicted molar refractivity (Wildman–Crippen MR) is 69.7 cm³/mol. The summed E-state index contributed by atoms with van der Waals surface area (Å²) in [6, 6.07) is 0.678. The Morgan fingerprint density at radius 1 is 1.52 bits per heavy atom. The number of nitro groups is 1. The third-order valence-corrected chi connectivity index (χ3v) is 4.07. The monoisotopic (exact) mass is 320 g/mol. The molecular weight excluding hydrogens is 307 g/mol. The van der Waals surface area contributed by atoms with E-state index in [2.05, 4.69) is 0 Å². The number of nitro benzene ring substituents is 1. The number of nitrogens with zero attached hydrogens (tertiary/aromatic N) is 1. The Balaban J connectivity index is 3.10. The molecular formula is C11H13FN2O6S. The zero-order valence-electron chi connectivity index (χ0n) is 10.9. The van der Waals surface area contributed by atoms with Gasteiger partial charge in [0.15, 0.2) is 0 Å². The van der Waals surface area contributed by atoms with Gasteiger partial charge in [0, 0.05) is 12.1 Å². The molecule has 0 amide bonds. The van der Waals surface area contributed by atoms with Gasteiger partial charge < -0.3 is 5.11 Å².